The summed E-state index contributed by atoms with van der Waals surface area (Å²) >= 11 is 0. The van der Waals surface area contributed by atoms with Gasteiger partial charge in [-0.05, 0) is 65.1 Å². The van der Waals surface area contributed by atoms with E-state index in [4.69, 9.17) is 14.2 Å². The van der Waals surface area contributed by atoms with Crippen molar-refractivity contribution in [2.75, 3.05) is 34.2 Å². The fourth-order valence-electron chi connectivity index (χ4n) is 4.38. The van der Waals surface area contributed by atoms with Gasteiger partial charge in [-0.15, -0.1) is 0 Å². The molecule has 194 valence electrons. The molecule has 0 radical (unpaired) electrons. The number of hydrogen-bond acceptors (Lipinski definition) is 7. The minimum Gasteiger partial charge on any atom is -0.507 e. The van der Waals surface area contributed by atoms with Gasteiger partial charge in [-0.2, -0.15) is 0 Å². The molecule has 7 heteroatoms. The number of fused-ring (bicyclic) bond motifs is 1. The average Bonchev–Trinajstić information content (AvgIpc) is 2.84. The molecule has 1 aliphatic carbocycles. The van der Waals surface area contributed by atoms with Crippen LogP contribution in [0.1, 0.15) is 79.3 Å². The Morgan fingerprint density at radius 1 is 1.03 bits per heavy atom. The van der Waals surface area contributed by atoms with Gasteiger partial charge in [0.25, 0.3) is 0 Å². The normalized spacial score (nSPS) is 16.3. The molecule has 0 spiro atoms. The number of ether oxygens (including phenoxy) is 4. The molecule has 0 aromatic heterocycles. The SMILES string of the molecule is COCCOCOc1cc2c(cc1C(O)C#Cc1ccc(C(=O)OC)c(O)c1)C(C)(C)CCC2(C)C. The van der Waals surface area contributed by atoms with Crippen molar-refractivity contribution in [3.05, 3.63) is 58.1 Å². The Balaban J connectivity index is 1.97. The molecule has 0 saturated heterocycles. The maximum absolute atomic E-state index is 11.7. The first kappa shape index (κ1) is 27.5. The molecule has 0 fully saturated rings. The Morgan fingerprint density at radius 2 is 1.69 bits per heavy atom. The topological polar surface area (TPSA) is 94.5 Å². The van der Waals surface area contributed by atoms with Crippen LogP contribution in [-0.2, 0) is 25.0 Å². The third-order valence-corrected chi connectivity index (χ3v) is 6.76. The van der Waals surface area contributed by atoms with E-state index in [0.717, 1.165) is 12.8 Å². The summed E-state index contributed by atoms with van der Waals surface area (Å²) < 4.78 is 21.1. The number of aliphatic hydroxyl groups excluding tert-OH is 1. The highest BCUT2D eigenvalue weighted by Crippen LogP contribution is 2.48. The summed E-state index contributed by atoms with van der Waals surface area (Å²) in [5.74, 6) is 5.37. The van der Waals surface area contributed by atoms with Gasteiger partial charge in [-0.1, -0.05) is 39.5 Å². The highest BCUT2D eigenvalue weighted by atomic mass is 16.7. The van der Waals surface area contributed by atoms with Crippen LogP contribution in [0, 0.1) is 11.8 Å². The molecule has 0 amide bonds. The molecule has 36 heavy (non-hydrogen) atoms. The van der Waals surface area contributed by atoms with Gasteiger partial charge in [0.1, 0.15) is 23.2 Å². The van der Waals surface area contributed by atoms with Gasteiger partial charge >= 0.3 is 5.97 Å². The van der Waals surface area contributed by atoms with Gasteiger partial charge in [0.2, 0.25) is 0 Å². The predicted molar refractivity (Wildman–Crippen MR) is 136 cm³/mol. The van der Waals surface area contributed by atoms with Gasteiger partial charge in [0.05, 0.1) is 20.3 Å². The largest absolute Gasteiger partial charge is 0.507 e. The van der Waals surface area contributed by atoms with Crippen LogP contribution in [-0.4, -0.2) is 50.4 Å². The molecule has 1 atom stereocenters. The second kappa shape index (κ2) is 11.3. The Bertz CT molecular complexity index is 1150. The smallest absolute Gasteiger partial charge is 0.341 e. The van der Waals surface area contributed by atoms with E-state index in [9.17, 15) is 15.0 Å². The molecule has 0 saturated carbocycles. The van der Waals surface area contributed by atoms with Crippen molar-refractivity contribution in [2.45, 2.75) is 57.5 Å². The number of methoxy groups -OCH3 is 2. The van der Waals surface area contributed by atoms with Crippen LogP contribution in [0.15, 0.2) is 30.3 Å². The first-order chi connectivity index (χ1) is 17.0. The summed E-state index contributed by atoms with van der Waals surface area (Å²) in [6.07, 6.45) is 0.928. The Kier molecular flexibility index (Phi) is 8.67. The predicted octanol–water partition coefficient (Wildman–Crippen LogP) is 4.61. The third kappa shape index (κ3) is 6.19. The standard InChI is InChI=1S/C29H36O7/c1-28(2)11-12-29(3,4)23-17-26(36-18-35-14-13-33-5)21(16-22(23)28)24(30)10-8-19-7-9-20(25(31)15-19)27(32)34-6/h7,9,15-17,24,30-31H,11-14,18H2,1-6H3. The number of benzene rings is 2. The molecule has 0 aliphatic heterocycles. The number of phenolic OH excluding ortho intramolecular Hbond substituents is 1. The van der Waals surface area contributed by atoms with E-state index in [-0.39, 0.29) is 28.9 Å². The molecular weight excluding hydrogens is 460 g/mol. The van der Waals surface area contributed by atoms with E-state index in [1.807, 2.05) is 12.1 Å². The number of phenols is 1. The zero-order valence-electron chi connectivity index (χ0n) is 21.9. The molecule has 3 rings (SSSR count). The number of hydrogen-bond donors (Lipinski definition) is 2. The molecule has 1 aliphatic rings. The maximum atomic E-state index is 11.7. The summed E-state index contributed by atoms with van der Waals surface area (Å²) in [7, 11) is 2.85. The lowest BCUT2D eigenvalue weighted by atomic mass is 9.62. The molecule has 7 nitrogen and oxygen atoms in total. The summed E-state index contributed by atoms with van der Waals surface area (Å²) in [4.78, 5) is 11.7. The van der Waals surface area contributed by atoms with Crippen molar-refractivity contribution in [3.8, 4) is 23.3 Å². The van der Waals surface area contributed by atoms with Crippen LogP contribution in [0.5, 0.6) is 11.5 Å². The van der Waals surface area contributed by atoms with Crippen LogP contribution in [0.4, 0.5) is 0 Å². The maximum Gasteiger partial charge on any atom is 0.341 e. The lowest BCUT2D eigenvalue weighted by molar-refractivity contribution is -0.00957. The first-order valence-electron chi connectivity index (χ1n) is 12.0. The first-order valence-corrected chi connectivity index (χ1v) is 12.0. The van der Waals surface area contributed by atoms with Crippen molar-refractivity contribution in [1.82, 2.24) is 0 Å². The fourth-order valence-corrected chi connectivity index (χ4v) is 4.38. The molecule has 2 aromatic carbocycles. The van der Waals surface area contributed by atoms with Gasteiger partial charge in [-0.25, -0.2) is 4.79 Å². The second-order valence-electron chi connectivity index (χ2n) is 10.3. The zero-order valence-corrected chi connectivity index (χ0v) is 21.9. The van der Waals surface area contributed by atoms with Gasteiger partial charge < -0.3 is 29.2 Å². The zero-order chi connectivity index (χ0) is 26.5. The molecule has 2 aromatic rings. The monoisotopic (exact) mass is 496 g/mol. The van der Waals surface area contributed by atoms with Gasteiger partial charge in [-0.3, -0.25) is 0 Å². The number of aliphatic hydroxyl groups is 1. The fraction of sp³-hybridized carbons (Fsp3) is 0.483. The number of carbonyl (C=O) groups excluding carboxylic acids is 1. The van der Waals surface area contributed by atoms with E-state index in [0.29, 0.717) is 30.1 Å². The quantitative estimate of drug-likeness (QED) is 0.238. The number of rotatable bonds is 8. The summed E-state index contributed by atoms with van der Waals surface area (Å²) in [5.41, 5.74) is 3.32. The molecule has 2 N–H and O–H groups in total. The van der Waals surface area contributed by atoms with Crippen LogP contribution in [0.25, 0.3) is 0 Å². The van der Waals surface area contributed by atoms with Gasteiger partial charge in [0, 0.05) is 18.2 Å². The van der Waals surface area contributed by atoms with E-state index in [2.05, 4.69) is 44.3 Å². The van der Waals surface area contributed by atoms with Crippen LogP contribution in [0.2, 0.25) is 0 Å². The molecule has 1 unspecified atom stereocenters. The number of carbonyl (C=O) groups is 1. The lowest BCUT2D eigenvalue weighted by Gasteiger charge is -2.42. The van der Waals surface area contributed by atoms with Crippen molar-refractivity contribution in [1.29, 1.82) is 0 Å². The van der Waals surface area contributed by atoms with Crippen LogP contribution in [0.3, 0.4) is 0 Å². The van der Waals surface area contributed by atoms with Crippen molar-refractivity contribution >= 4 is 5.97 Å². The summed E-state index contributed by atoms with van der Waals surface area (Å²) in [6.45, 7) is 9.73. The highest BCUT2D eigenvalue weighted by molar-refractivity contribution is 5.92. The third-order valence-electron chi connectivity index (χ3n) is 6.76. The van der Waals surface area contributed by atoms with E-state index < -0.39 is 12.1 Å². The second-order valence-corrected chi connectivity index (χ2v) is 10.3. The molecule has 0 bridgehead atoms. The van der Waals surface area contributed by atoms with E-state index in [1.54, 1.807) is 13.2 Å². The molecular formula is C29H36O7. The summed E-state index contributed by atoms with van der Waals surface area (Å²) in [6, 6.07) is 8.40. The summed E-state index contributed by atoms with van der Waals surface area (Å²) in [5, 5.41) is 21.2. The minimum atomic E-state index is -1.15. The Labute approximate surface area is 213 Å². The van der Waals surface area contributed by atoms with Gasteiger partial charge in [0.15, 0.2) is 6.79 Å². The lowest BCUT2D eigenvalue weighted by Crippen LogP contribution is -2.34. The van der Waals surface area contributed by atoms with Crippen molar-refractivity contribution < 1.29 is 34.0 Å². The van der Waals surface area contributed by atoms with E-state index >= 15 is 0 Å². The Hall–Kier alpha value is -3.05. The van der Waals surface area contributed by atoms with Crippen LogP contribution < -0.4 is 4.74 Å². The van der Waals surface area contributed by atoms with Crippen molar-refractivity contribution in [2.24, 2.45) is 0 Å². The average molecular weight is 497 g/mol. The number of esters is 1. The molecule has 0 heterocycles. The Morgan fingerprint density at radius 3 is 2.31 bits per heavy atom. The van der Waals surface area contributed by atoms with Crippen molar-refractivity contribution in [3.63, 3.8) is 0 Å². The minimum absolute atomic E-state index is 0.0159. The van der Waals surface area contributed by atoms with E-state index in [1.165, 1.54) is 30.4 Å². The highest BCUT2D eigenvalue weighted by Gasteiger charge is 2.38. The van der Waals surface area contributed by atoms with Crippen LogP contribution >= 0.6 is 0 Å². The number of aromatic hydroxyl groups is 1.